The number of carbonyl (C=O) groups is 1. The van der Waals surface area contributed by atoms with E-state index in [1.807, 2.05) is 54.6 Å². The van der Waals surface area contributed by atoms with E-state index in [9.17, 15) is 4.79 Å². The predicted octanol–water partition coefficient (Wildman–Crippen LogP) is 5.42. The van der Waals surface area contributed by atoms with E-state index < -0.39 is 6.10 Å². The number of aromatic nitrogens is 2. The number of nitrogens with zero attached hydrogens (tertiary/aromatic N) is 2. The van der Waals surface area contributed by atoms with Crippen molar-refractivity contribution in [2.75, 3.05) is 5.32 Å². The number of ether oxygens (including phenoxy) is 1. The SMILES string of the molecule is C[C@@H](Oc1cccc2ccccc12)C(=O)Nc1nnc(-c2ccc(Cl)cc2)s1. The van der Waals surface area contributed by atoms with Crippen molar-refractivity contribution in [3.05, 3.63) is 71.8 Å². The van der Waals surface area contributed by atoms with Gasteiger partial charge in [0.25, 0.3) is 5.91 Å². The van der Waals surface area contributed by atoms with Crippen LogP contribution in [0.2, 0.25) is 5.02 Å². The van der Waals surface area contributed by atoms with Crippen molar-refractivity contribution in [1.82, 2.24) is 10.2 Å². The first-order valence-electron chi connectivity index (χ1n) is 8.65. The summed E-state index contributed by atoms with van der Waals surface area (Å²) >= 11 is 7.20. The van der Waals surface area contributed by atoms with Gasteiger partial charge < -0.3 is 4.74 Å². The van der Waals surface area contributed by atoms with Crippen molar-refractivity contribution in [1.29, 1.82) is 0 Å². The Morgan fingerprint density at radius 1 is 1.04 bits per heavy atom. The quantitative estimate of drug-likeness (QED) is 0.478. The highest BCUT2D eigenvalue weighted by atomic mass is 35.5. The van der Waals surface area contributed by atoms with E-state index in [1.165, 1.54) is 11.3 Å². The van der Waals surface area contributed by atoms with E-state index in [1.54, 1.807) is 19.1 Å². The van der Waals surface area contributed by atoms with Gasteiger partial charge in [0.15, 0.2) is 6.10 Å². The molecule has 0 fully saturated rings. The van der Waals surface area contributed by atoms with E-state index >= 15 is 0 Å². The van der Waals surface area contributed by atoms with Crippen LogP contribution in [0.5, 0.6) is 5.75 Å². The molecule has 0 radical (unpaired) electrons. The normalized spacial score (nSPS) is 11.9. The van der Waals surface area contributed by atoms with Crippen molar-refractivity contribution >= 4 is 44.7 Å². The Morgan fingerprint density at radius 3 is 2.61 bits per heavy atom. The third-order valence-electron chi connectivity index (χ3n) is 4.17. The van der Waals surface area contributed by atoms with Crippen molar-refractivity contribution < 1.29 is 9.53 Å². The summed E-state index contributed by atoms with van der Waals surface area (Å²) in [6.07, 6.45) is -0.686. The largest absolute Gasteiger partial charge is 0.480 e. The fourth-order valence-corrected chi connectivity index (χ4v) is 3.61. The highest BCUT2D eigenvalue weighted by molar-refractivity contribution is 7.18. The van der Waals surface area contributed by atoms with Gasteiger partial charge in [-0.2, -0.15) is 0 Å². The third kappa shape index (κ3) is 3.98. The second-order valence-electron chi connectivity index (χ2n) is 6.15. The molecule has 1 N–H and O–H groups in total. The molecule has 0 saturated carbocycles. The summed E-state index contributed by atoms with van der Waals surface area (Å²) in [7, 11) is 0. The second kappa shape index (κ2) is 7.96. The van der Waals surface area contributed by atoms with Crippen LogP contribution in [0.15, 0.2) is 66.7 Å². The topological polar surface area (TPSA) is 64.1 Å². The van der Waals surface area contributed by atoms with E-state index in [0.717, 1.165) is 16.3 Å². The Morgan fingerprint density at radius 2 is 1.79 bits per heavy atom. The molecule has 0 unspecified atom stereocenters. The van der Waals surface area contributed by atoms with Gasteiger partial charge in [-0.25, -0.2) is 0 Å². The number of benzene rings is 3. The lowest BCUT2D eigenvalue weighted by atomic mass is 10.1. The maximum Gasteiger partial charge on any atom is 0.266 e. The Hall–Kier alpha value is -2.96. The van der Waals surface area contributed by atoms with Crippen LogP contribution < -0.4 is 10.1 Å². The zero-order valence-corrected chi connectivity index (χ0v) is 16.5. The molecule has 0 aliphatic heterocycles. The minimum atomic E-state index is -0.686. The molecule has 3 aromatic carbocycles. The number of hydrogen-bond acceptors (Lipinski definition) is 5. The first kappa shape index (κ1) is 18.4. The van der Waals surface area contributed by atoms with Gasteiger partial charge in [0.2, 0.25) is 5.13 Å². The second-order valence-corrected chi connectivity index (χ2v) is 7.56. The van der Waals surface area contributed by atoms with Crippen molar-refractivity contribution in [3.8, 4) is 16.3 Å². The summed E-state index contributed by atoms with van der Waals surface area (Å²) in [4.78, 5) is 12.5. The summed E-state index contributed by atoms with van der Waals surface area (Å²) < 4.78 is 5.90. The van der Waals surface area contributed by atoms with Gasteiger partial charge in [0, 0.05) is 16.0 Å². The van der Waals surface area contributed by atoms with E-state index in [4.69, 9.17) is 16.3 Å². The van der Waals surface area contributed by atoms with E-state index in [0.29, 0.717) is 20.9 Å². The molecule has 0 saturated heterocycles. The Kier molecular flexibility index (Phi) is 5.23. The summed E-state index contributed by atoms with van der Waals surface area (Å²) in [5.74, 6) is 0.381. The summed E-state index contributed by atoms with van der Waals surface area (Å²) in [6.45, 7) is 1.71. The summed E-state index contributed by atoms with van der Waals surface area (Å²) in [5, 5.41) is 14.7. The first-order valence-corrected chi connectivity index (χ1v) is 9.84. The predicted molar refractivity (Wildman–Crippen MR) is 113 cm³/mol. The molecule has 140 valence electrons. The minimum absolute atomic E-state index is 0.285. The van der Waals surface area contributed by atoms with Crippen LogP contribution in [-0.4, -0.2) is 22.2 Å². The molecule has 1 heterocycles. The molecule has 1 amide bonds. The summed E-state index contributed by atoms with van der Waals surface area (Å²) in [5.41, 5.74) is 0.891. The van der Waals surface area contributed by atoms with Crippen molar-refractivity contribution in [2.45, 2.75) is 13.0 Å². The number of halogens is 1. The number of hydrogen-bond donors (Lipinski definition) is 1. The number of anilines is 1. The fraction of sp³-hybridized carbons (Fsp3) is 0.0952. The molecule has 0 bridgehead atoms. The monoisotopic (exact) mass is 409 g/mol. The average molecular weight is 410 g/mol. The van der Waals surface area contributed by atoms with Crippen molar-refractivity contribution in [2.24, 2.45) is 0 Å². The Bertz CT molecular complexity index is 1120. The van der Waals surface area contributed by atoms with Crippen LogP contribution >= 0.6 is 22.9 Å². The molecular formula is C21H16ClN3O2S. The lowest BCUT2D eigenvalue weighted by molar-refractivity contribution is -0.122. The first-order chi connectivity index (χ1) is 13.6. The lowest BCUT2D eigenvalue weighted by Crippen LogP contribution is -2.30. The van der Waals surface area contributed by atoms with Gasteiger partial charge >= 0.3 is 0 Å². The molecule has 7 heteroatoms. The van der Waals surface area contributed by atoms with E-state index in [2.05, 4.69) is 15.5 Å². The summed E-state index contributed by atoms with van der Waals surface area (Å²) in [6, 6.07) is 21.0. The number of rotatable bonds is 5. The maximum atomic E-state index is 12.5. The van der Waals surface area contributed by atoms with Crippen LogP contribution in [0.3, 0.4) is 0 Å². The molecule has 0 spiro atoms. The highest BCUT2D eigenvalue weighted by Gasteiger charge is 2.18. The van der Waals surface area contributed by atoms with Crippen LogP contribution in [0.25, 0.3) is 21.3 Å². The maximum absolute atomic E-state index is 12.5. The number of fused-ring (bicyclic) bond motifs is 1. The van der Waals surface area contributed by atoms with Gasteiger partial charge in [-0.15, -0.1) is 10.2 Å². The van der Waals surface area contributed by atoms with Crippen LogP contribution in [0.1, 0.15) is 6.92 Å². The molecule has 4 aromatic rings. The molecule has 5 nitrogen and oxygen atoms in total. The fourth-order valence-electron chi connectivity index (χ4n) is 2.73. The molecule has 1 aromatic heterocycles. The molecule has 0 aliphatic carbocycles. The van der Waals surface area contributed by atoms with Crippen LogP contribution in [0.4, 0.5) is 5.13 Å². The minimum Gasteiger partial charge on any atom is -0.480 e. The van der Waals surface area contributed by atoms with E-state index in [-0.39, 0.29) is 5.91 Å². The highest BCUT2D eigenvalue weighted by Crippen LogP contribution is 2.28. The molecule has 28 heavy (non-hydrogen) atoms. The molecule has 1 atom stereocenters. The zero-order valence-electron chi connectivity index (χ0n) is 14.9. The number of amides is 1. The third-order valence-corrected chi connectivity index (χ3v) is 5.31. The molecule has 4 rings (SSSR count). The Labute approximate surface area is 170 Å². The standard InChI is InChI=1S/C21H16ClN3O2S/c1-13(27-18-8-4-6-14-5-2-3-7-17(14)18)19(26)23-21-25-24-20(28-21)15-9-11-16(22)12-10-15/h2-13H,1H3,(H,23,25,26)/t13-/m1/s1. The van der Waals surface area contributed by atoms with Gasteiger partial charge in [-0.1, -0.05) is 71.5 Å². The molecule has 0 aliphatic rings. The molecular weight excluding hydrogens is 394 g/mol. The van der Waals surface area contributed by atoms with Gasteiger partial charge in [-0.3, -0.25) is 10.1 Å². The smallest absolute Gasteiger partial charge is 0.266 e. The zero-order chi connectivity index (χ0) is 19.5. The van der Waals surface area contributed by atoms with Gasteiger partial charge in [0.05, 0.1) is 0 Å². The lowest BCUT2D eigenvalue weighted by Gasteiger charge is -2.15. The van der Waals surface area contributed by atoms with Crippen molar-refractivity contribution in [3.63, 3.8) is 0 Å². The Balaban J connectivity index is 1.45. The number of nitrogens with one attached hydrogen (secondary N) is 1. The average Bonchev–Trinajstić information content (AvgIpc) is 3.17. The van der Waals surface area contributed by atoms with Crippen LogP contribution in [0, 0.1) is 0 Å². The van der Waals surface area contributed by atoms with Gasteiger partial charge in [0.1, 0.15) is 10.8 Å². The van der Waals surface area contributed by atoms with Gasteiger partial charge in [-0.05, 0) is 30.5 Å². The van der Waals surface area contributed by atoms with Crippen LogP contribution in [-0.2, 0) is 4.79 Å². The number of carbonyl (C=O) groups excluding carboxylic acids is 1.